The van der Waals surface area contributed by atoms with E-state index in [4.69, 9.17) is 4.74 Å². The van der Waals surface area contributed by atoms with Gasteiger partial charge in [-0.3, -0.25) is 4.79 Å². The van der Waals surface area contributed by atoms with Crippen LogP contribution in [0.3, 0.4) is 0 Å². The number of rotatable bonds is 4. The number of aromatic nitrogens is 1. The van der Waals surface area contributed by atoms with Crippen molar-refractivity contribution in [3.8, 4) is 0 Å². The Balaban J connectivity index is 1.79. The number of thiazole rings is 1. The average Bonchev–Trinajstić information content (AvgIpc) is 3.25. The lowest BCUT2D eigenvalue weighted by Gasteiger charge is -2.22. The van der Waals surface area contributed by atoms with Crippen molar-refractivity contribution in [3.05, 3.63) is 38.5 Å². The van der Waals surface area contributed by atoms with Crippen molar-refractivity contribution >= 4 is 34.6 Å². The number of nitrogens with zero attached hydrogens (tertiary/aromatic N) is 2. The minimum absolute atomic E-state index is 0.0386. The second-order valence-electron chi connectivity index (χ2n) is 4.96. The number of likely N-dealkylation sites (tertiary alicyclic amines) is 1. The van der Waals surface area contributed by atoms with Gasteiger partial charge in [-0.25, -0.2) is 9.78 Å². The zero-order chi connectivity index (χ0) is 15.5. The molecule has 7 heteroatoms. The van der Waals surface area contributed by atoms with Crippen molar-refractivity contribution < 1.29 is 14.3 Å². The van der Waals surface area contributed by atoms with Crippen LogP contribution in [0.15, 0.2) is 22.2 Å². The van der Waals surface area contributed by atoms with Crippen LogP contribution in [0.5, 0.6) is 0 Å². The molecule has 2 aromatic heterocycles. The van der Waals surface area contributed by atoms with Gasteiger partial charge in [0, 0.05) is 17.3 Å². The van der Waals surface area contributed by atoms with Crippen LogP contribution < -0.4 is 0 Å². The molecule has 0 unspecified atom stereocenters. The smallest absolute Gasteiger partial charge is 0.357 e. The highest BCUT2D eigenvalue weighted by Gasteiger charge is 2.33. The Bertz CT molecular complexity index is 666. The van der Waals surface area contributed by atoms with E-state index in [9.17, 15) is 9.59 Å². The SMILES string of the molecule is CCOC(=O)c1csc([C@@H]2CCCN2C(=O)c2ccsc2)n1. The first-order valence-electron chi connectivity index (χ1n) is 7.16. The molecule has 1 aliphatic rings. The van der Waals surface area contributed by atoms with Crippen LogP contribution in [0.25, 0.3) is 0 Å². The summed E-state index contributed by atoms with van der Waals surface area (Å²) in [6.07, 6.45) is 1.83. The molecule has 22 heavy (non-hydrogen) atoms. The molecule has 1 fully saturated rings. The summed E-state index contributed by atoms with van der Waals surface area (Å²) in [5, 5.41) is 6.28. The summed E-state index contributed by atoms with van der Waals surface area (Å²) >= 11 is 2.93. The van der Waals surface area contributed by atoms with Crippen LogP contribution in [0.4, 0.5) is 0 Å². The van der Waals surface area contributed by atoms with Crippen LogP contribution in [0.2, 0.25) is 0 Å². The molecular formula is C15H16N2O3S2. The fraction of sp³-hybridized carbons (Fsp3) is 0.400. The molecule has 3 rings (SSSR count). The van der Waals surface area contributed by atoms with Gasteiger partial charge >= 0.3 is 5.97 Å². The van der Waals surface area contributed by atoms with E-state index in [0.29, 0.717) is 12.3 Å². The van der Waals surface area contributed by atoms with E-state index >= 15 is 0 Å². The zero-order valence-electron chi connectivity index (χ0n) is 12.2. The molecule has 3 heterocycles. The number of thiophene rings is 1. The molecule has 1 atom stereocenters. The molecular weight excluding hydrogens is 320 g/mol. The predicted molar refractivity (Wildman–Crippen MR) is 85.4 cm³/mol. The Morgan fingerprint density at radius 1 is 1.45 bits per heavy atom. The maximum absolute atomic E-state index is 12.6. The second kappa shape index (κ2) is 6.58. The summed E-state index contributed by atoms with van der Waals surface area (Å²) in [6.45, 7) is 2.83. The minimum atomic E-state index is -0.404. The van der Waals surface area contributed by atoms with E-state index in [1.807, 2.05) is 21.7 Å². The summed E-state index contributed by atoms with van der Waals surface area (Å²) in [4.78, 5) is 30.5. The summed E-state index contributed by atoms with van der Waals surface area (Å²) in [7, 11) is 0. The minimum Gasteiger partial charge on any atom is -0.461 e. The molecule has 0 N–H and O–H groups in total. The van der Waals surface area contributed by atoms with Crippen molar-refractivity contribution in [2.45, 2.75) is 25.8 Å². The lowest BCUT2D eigenvalue weighted by molar-refractivity contribution is 0.0520. The average molecular weight is 336 g/mol. The second-order valence-corrected chi connectivity index (χ2v) is 6.63. The Morgan fingerprint density at radius 3 is 3.05 bits per heavy atom. The van der Waals surface area contributed by atoms with Gasteiger partial charge in [0.25, 0.3) is 5.91 Å². The van der Waals surface area contributed by atoms with Gasteiger partial charge < -0.3 is 9.64 Å². The van der Waals surface area contributed by atoms with Gasteiger partial charge in [0.05, 0.1) is 18.2 Å². The summed E-state index contributed by atoms with van der Waals surface area (Å²) < 4.78 is 4.96. The van der Waals surface area contributed by atoms with E-state index in [1.165, 1.54) is 22.7 Å². The molecule has 116 valence electrons. The first kappa shape index (κ1) is 15.2. The molecule has 0 spiro atoms. The molecule has 0 aliphatic carbocycles. The highest BCUT2D eigenvalue weighted by atomic mass is 32.1. The summed E-state index contributed by atoms with van der Waals surface area (Å²) in [6, 6.07) is 1.80. The fourth-order valence-corrected chi connectivity index (χ4v) is 4.12. The number of hydrogen-bond donors (Lipinski definition) is 0. The Morgan fingerprint density at radius 2 is 2.32 bits per heavy atom. The molecule has 0 saturated carbocycles. The standard InChI is InChI=1S/C15H16N2O3S2/c1-2-20-15(19)11-9-22-13(16-11)12-4-3-6-17(12)14(18)10-5-7-21-8-10/h5,7-9,12H,2-4,6H2,1H3/t12-/m0/s1. The molecule has 1 saturated heterocycles. The van der Waals surface area contributed by atoms with Gasteiger partial charge in [0.15, 0.2) is 5.69 Å². The number of esters is 1. The Hall–Kier alpha value is -1.73. The number of carbonyl (C=O) groups is 2. The van der Waals surface area contributed by atoms with Gasteiger partial charge in [-0.1, -0.05) is 0 Å². The zero-order valence-corrected chi connectivity index (χ0v) is 13.8. The third-order valence-electron chi connectivity index (χ3n) is 3.57. The normalized spacial score (nSPS) is 17.7. The van der Waals surface area contributed by atoms with E-state index in [2.05, 4.69) is 4.98 Å². The van der Waals surface area contributed by atoms with Crippen LogP contribution in [0.1, 0.15) is 51.7 Å². The Labute approximate surface area is 136 Å². The first-order valence-corrected chi connectivity index (χ1v) is 8.98. The van der Waals surface area contributed by atoms with E-state index < -0.39 is 5.97 Å². The number of hydrogen-bond acceptors (Lipinski definition) is 6. The van der Waals surface area contributed by atoms with Gasteiger partial charge in [-0.2, -0.15) is 11.3 Å². The third kappa shape index (κ3) is 2.91. The van der Waals surface area contributed by atoms with Gasteiger partial charge in [-0.15, -0.1) is 11.3 Å². The molecule has 1 aliphatic heterocycles. The van der Waals surface area contributed by atoms with E-state index in [1.54, 1.807) is 12.3 Å². The van der Waals surface area contributed by atoms with Crippen molar-refractivity contribution in [2.75, 3.05) is 13.2 Å². The third-order valence-corrected chi connectivity index (χ3v) is 5.20. The van der Waals surface area contributed by atoms with Crippen molar-refractivity contribution in [1.29, 1.82) is 0 Å². The maximum atomic E-state index is 12.6. The topological polar surface area (TPSA) is 59.5 Å². The summed E-state index contributed by atoms with van der Waals surface area (Å²) in [5.74, 6) is -0.365. The molecule has 0 radical (unpaired) electrons. The highest BCUT2D eigenvalue weighted by molar-refractivity contribution is 7.10. The number of amides is 1. The molecule has 2 aromatic rings. The molecule has 0 bridgehead atoms. The molecule has 0 aromatic carbocycles. The van der Waals surface area contributed by atoms with Crippen LogP contribution >= 0.6 is 22.7 Å². The van der Waals surface area contributed by atoms with Crippen molar-refractivity contribution in [3.63, 3.8) is 0 Å². The van der Waals surface area contributed by atoms with Gasteiger partial charge in [0.1, 0.15) is 5.01 Å². The van der Waals surface area contributed by atoms with Crippen LogP contribution in [0, 0.1) is 0 Å². The van der Waals surface area contributed by atoms with E-state index in [0.717, 1.165) is 30.0 Å². The number of carbonyl (C=O) groups excluding carboxylic acids is 2. The fourth-order valence-electron chi connectivity index (χ4n) is 2.56. The van der Waals surface area contributed by atoms with Crippen LogP contribution in [-0.4, -0.2) is 34.9 Å². The maximum Gasteiger partial charge on any atom is 0.357 e. The van der Waals surface area contributed by atoms with E-state index in [-0.39, 0.29) is 11.9 Å². The van der Waals surface area contributed by atoms with Gasteiger partial charge in [-0.05, 0) is 31.2 Å². The number of ether oxygens (including phenoxy) is 1. The molecule has 1 amide bonds. The van der Waals surface area contributed by atoms with Gasteiger partial charge in [0.2, 0.25) is 0 Å². The largest absolute Gasteiger partial charge is 0.461 e. The van der Waals surface area contributed by atoms with Crippen molar-refractivity contribution in [1.82, 2.24) is 9.88 Å². The lowest BCUT2D eigenvalue weighted by Crippen LogP contribution is -2.30. The lowest BCUT2D eigenvalue weighted by atomic mass is 10.2. The quantitative estimate of drug-likeness (QED) is 0.803. The highest BCUT2D eigenvalue weighted by Crippen LogP contribution is 2.35. The van der Waals surface area contributed by atoms with Crippen molar-refractivity contribution in [2.24, 2.45) is 0 Å². The van der Waals surface area contributed by atoms with Crippen LogP contribution in [-0.2, 0) is 4.74 Å². The monoisotopic (exact) mass is 336 g/mol. The molecule has 5 nitrogen and oxygen atoms in total. The Kier molecular flexibility index (Phi) is 4.54. The summed E-state index contributed by atoms with van der Waals surface area (Å²) in [5.41, 5.74) is 1.05. The predicted octanol–water partition coefficient (Wildman–Crippen LogP) is 3.36. The first-order chi connectivity index (χ1) is 10.7.